The van der Waals surface area contributed by atoms with Gasteiger partial charge in [-0.2, -0.15) is 13.2 Å². The number of hydrogen-bond acceptors (Lipinski definition) is 0. The molecule has 0 amide bonds. The second kappa shape index (κ2) is 6.75. The van der Waals surface area contributed by atoms with Crippen molar-refractivity contribution < 1.29 is 26.3 Å². The van der Waals surface area contributed by atoms with Crippen LogP contribution in [0.3, 0.4) is 0 Å². The number of halogens is 6. The Morgan fingerprint density at radius 1 is 0.955 bits per heavy atom. The van der Waals surface area contributed by atoms with E-state index >= 15 is 0 Å². The minimum atomic E-state index is -4.20. The van der Waals surface area contributed by atoms with E-state index in [9.17, 15) is 26.3 Å². The molecule has 0 nitrogen and oxygen atoms in total. The molecule has 1 aromatic carbocycles. The monoisotopic (exact) mass is 322 g/mol. The second-order valence-corrected chi connectivity index (χ2v) is 5.66. The van der Waals surface area contributed by atoms with Crippen LogP contribution in [0.4, 0.5) is 26.3 Å². The Morgan fingerprint density at radius 3 is 2.00 bits per heavy atom. The quantitative estimate of drug-likeness (QED) is 0.370. The summed E-state index contributed by atoms with van der Waals surface area (Å²) in [5.74, 6) is -3.93. The molecule has 0 heterocycles. The third-order valence-electron chi connectivity index (χ3n) is 4.01. The molecule has 0 radical (unpaired) electrons. The molecule has 122 valence electrons. The number of hydrogen-bond donors (Lipinski definition) is 0. The SMILES string of the molecule is Fc1cc([C@H]2CC[C@H](C=CCC(F)(F)F)CC2)cc(F)c1F. The molecular weight excluding hydrogens is 306 g/mol. The number of rotatable bonds is 3. The largest absolute Gasteiger partial charge is 0.392 e. The Labute approximate surface area is 124 Å². The first-order valence-corrected chi connectivity index (χ1v) is 7.14. The van der Waals surface area contributed by atoms with Gasteiger partial charge < -0.3 is 0 Å². The molecule has 0 atom stereocenters. The average molecular weight is 322 g/mol. The lowest BCUT2D eigenvalue weighted by Crippen LogP contribution is -2.13. The fraction of sp³-hybridized carbons (Fsp3) is 0.500. The van der Waals surface area contributed by atoms with Crippen LogP contribution in [0.2, 0.25) is 0 Å². The third-order valence-corrected chi connectivity index (χ3v) is 4.01. The lowest BCUT2D eigenvalue weighted by Gasteiger charge is -2.27. The van der Waals surface area contributed by atoms with E-state index < -0.39 is 30.0 Å². The molecule has 1 aliphatic rings. The Bertz CT molecular complexity index is 515. The highest BCUT2D eigenvalue weighted by molar-refractivity contribution is 5.23. The summed E-state index contributed by atoms with van der Waals surface area (Å²) < 4.78 is 75.5. The standard InChI is InChI=1S/C16H16F6/c17-13-8-12(9-14(18)15(13)19)11-5-3-10(4-6-11)2-1-7-16(20,21)22/h1-2,8-11H,3-7H2/t10-,11-. The van der Waals surface area contributed by atoms with Gasteiger partial charge in [-0.1, -0.05) is 12.2 Å². The zero-order valence-corrected chi connectivity index (χ0v) is 11.8. The predicted molar refractivity (Wildman–Crippen MR) is 70.8 cm³/mol. The van der Waals surface area contributed by atoms with Crippen LogP contribution in [0.1, 0.15) is 43.6 Å². The maximum absolute atomic E-state index is 13.2. The van der Waals surface area contributed by atoms with Gasteiger partial charge in [0.2, 0.25) is 0 Å². The zero-order chi connectivity index (χ0) is 16.3. The van der Waals surface area contributed by atoms with Gasteiger partial charge in [-0.15, -0.1) is 0 Å². The van der Waals surface area contributed by atoms with Crippen molar-refractivity contribution in [3.63, 3.8) is 0 Å². The summed E-state index contributed by atoms with van der Waals surface area (Å²) in [5, 5.41) is 0. The smallest absolute Gasteiger partial charge is 0.204 e. The van der Waals surface area contributed by atoms with Crippen LogP contribution >= 0.6 is 0 Å². The highest BCUT2D eigenvalue weighted by Crippen LogP contribution is 2.37. The molecule has 2 rings (SSSR count). The highest BCUT2D eigenvalue weighted by Gasteiger charge is 2.26. The Kier molecular flexibility index (Phi) is 5.19. The van der Waals surface area contributed by atoms with Crippen LogP contribution in [-0.2, 0) is 0 Å². The van der Waals surface area contributed by atoms with E-state index in [2.05, 4.69) is 0 Å². The van der Waals surface area contributed by atoms with Crippen LogP contribution in [0.25, 0.3) is 0 Å². The van der Waals surface area contributed by atoms with E-state index in [-0.39, 0.29) is 11.8 Å². The minimum absolute atomic E-state index is 0.0498. The van der Waals surface area contributed by atoms with Crippen molar-refractivity contribution >= 4 is 0 Å². The van der Waals surface area contributed by atoms with Crippen molar-refractivity contribution in [2.24, 2.45) is 5.92 Å². The average Bonchev–Trinajstić information content (AvgIpc) is 2.43. The normalized spacial score (nSPS) is 23.2. The number of alkyl halides is 3. The van der Waals surface area contributed by atoms with Gasteiger partial charge >= 0.3 is 6.18 Å². The van der Waals surface area contributed by atoms with Gasteiger partial charge in [0.1, 0.15) is 0 Å². The molecule has 0 spiro atoms. The van der Waals surface area contributed by atoms with Crippen LogP contribution < -0.4 is 0 Å². The van der Waals surface area contributed by atoms with Gasteiger partial charge in [0, 0.05) is 0 Å². The molecule has 1 fully saturated rings. The highest BCUT2D eigenvalue weighted by atomic mass is 19.4. The van der Waals surface area contributed by atoms with Crippen molar-refractivity contribution in [1.82, 2.24) is 0 Å². The third kappa shape index (κ3) is 4.52. The molecule has 6 heteroatoms. The van der Waals surface area contributed by atoms with Gasteiger partial charge in [0.15, 0.2) is 17.5 Å². The summed E-state index contributed by atoms with van der Waals surface area (Å²) in [6.07, 6.45) is 0.0896. The maximum atomic E-state index is 13.2. The molecule has 1 saturated carbocycles. The first kappa shape index (κ1) is 16.9. The summed E-state index contributed by atoms with van der Waals surface area (Å²) >= 11 is 0. The Hall–Kier alpha value is -1.46. The topological polar surface area (TPSA) is 0 Å². The lowest BCUT2D eigenvalue weighted by atomic mass is 9.78. The van der Waals surface area contributed by atoms with Crippen molar-refractivity contribution in [2.75, 3.05) is 0 Å². The fourth-order valence-electron chi connectivity index (χ4n) is 2.85. The summed E-state index contributed by atoms with van der Waals surface area (Å²) in [6.45, 7) is 0. The summed E-state index contributed by atoms with van der Waals surface area (Å²) in [7, 11) is 0. The van der Waals surface area contributed by atoms with Crippen LogP contribution in [-0.4, -0.2) is 6.18 Å². The van der Waals surface area contributed by atoms with E-state index in [1.807, 2.05) is 0 Å². The van der Waals surface area contributed by atoms with Crippen molar-refractivity contribution in [3.05, 3.63) is 47.3 Å². The molecule has 1 aromatic rings. The van der Waals surface area contributed by atoms with E-state index in [0.717, 1.165) is 18.2 Å². The van der Waals surface area contributed by atoms with Crippen LogP contribution in [0, 0.1) is 23.4 Å². The molecule has 0 N–H and O–H groups in total. The van der Waals surface area contributed by atoms with Gasteiger partial charge in [-0.3, -0.25) is 0 Å². The van der Waals surface area contributed by atoms with Gasteiger partial charge in [0.05, 0.1) is 6.42 Å². The first-order valence-electron chi connectivity index (χ1n) is 7.14. The summed E-state index contributed by atoms with van der Waals surface area (Å²) in [6, 6.07) is 2.01. The van der Waals surface area contributed by atoms with Crippen molar-refractivity contribution in [3.8, 4) is 0 Å². The van der Waals surface area contributed by atoms with Crippen LogP contribution in [0.15, 0.2) is 24.3 Å². The Balaban J connectivity index is 1.92. The minimum Gasteiger partial charge on any atom is -0.204 e. The second-order valence-electron chi connectivity index (χ2n) is 5.66. The van der Waals surface area contributed by atoms with Crippen molar-refractivity contribution in [2.45, 2.75) is 44.2 Å². The van der Waals surface area contributed by atoms with Gasteiger partial charge in [0.25, 0.3) is 0 Å². The molecule has 22 heavy (non-hydrogen) atoms. The van der Waals surface area contributed by atoms with Gasteiger partial charge in [-0.05, 0) is 55.2 Å². The fourth-order valence-corrected chi connectivity index (χ4v) is 2.85. The van der Waals surface area contributed by atoms with Gasteiger partial charge in [-0.25, -0.2) is 13.2 Å². The molecule has 0 bridgehead atoms. The van der Waals surface area contributed by atoms with Crippen molar-refractivity contribution in [1.29, 1.82) is 0 Å². The summed E-state index contributed by atoms with van der Waals surface area (Å²) in [5.41, 5.74) is 0.411. The maximum Gasteiger partial charge on any atom is 0.392 e. The lowest BCUT2D eigenvalue weighted by molar-refractivity contribution is -0.125. The van der Waals surface area contributed by atoms with E-state index in [1.54, 1.807) is 6.08 Å². The predicted octanol–water partition coefficient (Wildman–Crippen LogP) is 5.89. The molecule has 0 aromatic heterocycles. The zero-order valence-electron chi connectivity index (χ0n) is 11.8. The van der Waals surface area contributed by atoms with Crippen LogP contribution in [0.5, 0.6) is 0 Å². The molecule has 0 unspecified atom stereocenters. The van der Waals surface area contributed by atoms with E-state index in [4.69, 9.17) is 0 Å². The number of allylic oxidation sites excluding steroid dienone is 2. The number of benzene rings is 1. The summed E-state index contributed by atoms with van der Waals surface area (Å²) in [4.78, 5) is 0. The first-order chi connectivity index (χ1) is 10.3. The van der Waals surface area contributed by atoms with E-state index in [1.165, 1.54) is 0 Å². The molecule has 0 saturated heterocycles. The molecule has 1 aliphatic carbocycles. The molecule has 0 aliphatic heterocycles. The Morgan fingerprint density at radius 2 is 1.50 bits per heavy atom. The van der Waals surface area contributed by atoms with E-state index in [0.29, 0.717) is 31.2 Å². The molecular formula is C16H16F6.